The van der Waals surface area contributed by atoms with Gasteiger partial charge in [0.2, 0.25) is 0 Å². The second-order valence-corrected chi connectivity index (χ2v) is 4.17. The molecular formula is C10H19NO3. The van der Waals surface area contributed by atoms with Gasteiger partial charge in [-0.05, 0) is 33.2 Å². The molecule has 14 heavy (non-hydrogen) atoms. The molecule has 0 radical (unpaired) electrons. The maximum absolute atomic E-state index is 11.1. The minimum Gasteiger partial charge on any atom is -0.480 e. The summed E-state index contributed by atoms with van der Waals surface area (Å²) >= 11 is 0. The fourth-order valence-electron chi connectivity index (χ4n) is 1.94. The normalized spacial score (nSPS) is 30.5. The molecule has 0 saturated carbocycles. The number of carboxylic acid groups (broad SMARTS) is 1. The zero-order chi connectivity index (χ0) is 10.8. The van der Waals surface area contributed by atoms with Crippen molar-refractivity contribution in [3.05, 3.63) is 0 Å². The van der Waals surface area contributed by atoms with Crippen LogP contribution in [0.2, 0.25) is 0 Å². The maximum atomic E-state index is 11.1. The van der Waals surface area contributed by atoms with Crippen molar-refractivity contribution in [2.24, 2.45) is 0 Å². The maximum Gasteiger partial charge on any atom is 0.323 e. The van der Waals surface area contributed by atoms with Crippen LogP contribution in [-0.2, 0) is 9.53 Å². The summed E-state index contributed by atoms with van der Waals surface area (Å²) in [5.41, 5.74) is -0.688. The molecule has 82 valence electrons. The van der Waals surface area contributed by atoms with E-state index in [2.05, 4.69) is 0 Å². The second-order valence-electron chi connectivity index (χ2n) is 4.17. The fraction of sp³-hybridized carbons (Fsp3) is 0.900. The Hall–Kier alpha value is -0.610. The minimum absolute atomic E-state index is 0.0896. The first-order valence-electron chi connectivity index (χ1n) is 5.02. The SMILES string of the molecule is COC(C)CN1CCCC1(C)C(=O)O. The molecule has 0 aromatic carbocycles. The molecule has 1 aliphatic rings. The summed E-state index contributed by atoms with van der Waals surface area (Å²) in [5.74, 6) is -0.724. The van der Waals surface area contributed by atoms with E-state index >= 15 is 0 Å². The van der Waals surface area contributed by atoms with Gasteiger partial charge in [0.25, 0.3) is 0 Å². The Kier molecular flexibility index (Phi) is 3.50. The van der Waals surface area contributed by atoms with Crippen LogP contribution in [0.15, 0.2) is 0 Å². The van der Waals surface area contributed by atoms with Gasteiger partial charge in [-0.3, -0.25) is 9.69 Å². The van der Waals surface area contributed by atoms with Gasteiger partial charge < -0.3 is 9.84 Å². The van der Waals surface area contributed by atoms with Crippen LogP contribution in [0.3, 0.4) is 0 Å². The van der Waals surface area contributed by atoms with Crippen molar-refractivity contribution in [1.82, 2.24) is 4.90 Å². The summed E-state index contributed by atoms with van der Waals surface area (Å²) in [5, 5.41) is 9.15. The van der Waals surface area contributed by atoms with Crippen molar-refractivity contribution in [2.45, 2.75) is 38.3 Å². The van der Waals surface area contributed by atoms with Crippen molar-refractivity contribution in [2.75, 3.05) is 20.2 Å². The van der Waals surface area contributed by atoms with Crippen LogP contribution in [0.5, 0.6) is 0 Å². The average molecular weight is 201 g/mol. The van der Waals surface area contributed by atoms with Crippen molar-refractivity contribution in [3.63, 3.8) is 0 Å². The summed E-state index contributed by atoms with van der Waals surface area (Å²) in [6, 6.07) is 0. The van der Waals surface area contributed by atoms with Gasteiger partial charge in [-0.2, -0.15) is 0 Å². The quantitative estimate of drug-likeness (QED) is 0.736. The summed E-state index contributed by atoms with van der Waals surface area (Å²) in [6.45, 7) is 5.31. The lowest BCUT2D eigenvalue weighted by Crippen LogP contribution is -2.50. The zero-order valence-electron chi connectivity index (χ0n) is 9.12. The van der Waals surface area contributed by atoms with Crippen molar-refractivity contribution in [1.29, 1.82) is 0 Å². The molecule has 0 amide bonds. The molecule has 1 fully saturated rings. The number of hydrogen-bond donors (Lipinski definition) is 1. The Balaban J connectivity index is 2.64. The van der Waals surface area contributed by atoms with E-state index < -0.39 is 11.5 Å². The number of nitrogens with zero attached hydrogens (tertiary/aromatic N) is 1. The van der Waals surface area contributed by atoms with Crippen molar-refractivity contribution in [3.8, 4) is 0 Å². The van der Waals surface area contributed by atoms with Crippen LogP contribution in [-0.4, -0.2) is 47.8 Å². The highest BCUT2D eigenvalue weighted by Gasteiger charge is 2.43. The lowest BCUT2D eigenvalue weighted by atomic mass is 9.99. The Morgan fingerprint density at radius 2 is 2.36 bits per heavy atom. The third-order valence-corrected chi connectivity index (χ3v) is 3.13. The lowest BCUT2D eigenvalue weighted by molar-refractivity contribution is -0.149. The average Bonchev–Trinajstić information content (AvgIpc) is 2.49. The van der Waals surface area contributed by atoms with Gasteiger partial charge in [0.1, 0.15) is 5.54 Å². The number of methoxy groups -OCH3 is 1. The van der Waals surface area contributed by atoms with Crippen LogP contribution in [0.25, 0.3) is 0 Å². The third kappa shape index (κ3) is 2.07. The Labute approximate surface area is 84.8 Å². The highest BCUT2D eigenvalue weighted by molar-refractivity contribution is 5.78. The number of carbonyl (C=O) groups is 1. The molecule has 1 rings (SSSR count). The van der Waals surface area contributed by atoms with Gasteiger partial charge in [0.05, 0.1) is 6.10 Å². The van der Waals surface area contributed by atoms with E-state index in [1.54, 1.807) is 14.0 Å². The van der Waals surface area contributed by atoms with E-state index in [0.717, 1.165) is 19.4 Å². The molecule has 1 saturated heterocycles. The summed E-state index contributed by atoms with van der Waals surface area (Å²) in [7, 11) is 1.65. The largest absolute Gasteiger partial charge is 0.480 e. The fourth-order valence-corrected chi connectivity index (χ4v) is 1.94. The highest BCUT2D eigenvalue weighted by Crippen LogP contribution is 2.29. The van der Waals surface area contributed by atoms with Crippen LogP contribution in [0, 0.1) is 0 Å². The highest BCUT2D eigenvalue weighted by atomic mass is 16.5. The molecule has 2 atom stereocenters. The third-order valence-electron chi connectivity index (χ3n) is 3.13. The predicted octanol–water partition coefficient (Wildman–Crippen LogP) is 0.960. The van der Waals surface area contributed by atoms with Gasteiger partial charge >= 0.3 is 5.97 Å². The summed E-state index contributed by atoms with van der Waals surface area (Å²) < 4.78 is 5.15. The molecule has 4 nitrogen and oxygen atoms in total. The first-order chi connectivity index (χ1) is 6.50. The van der Waals surface area contributed by atoms with E-state index in [1.807, 2.05) is 11.8 Å². The first kappa shape index (κ1) is 11.5. The Bertz CT molecular complexity index is 219. The number of likely N-dealkylation sites (tertiary alicyclic amines) is 1. The molecular weight excluding hydrogens is 182 g/mol. The van der Waals surface area contributed by atoms with E-state index in [9.17, 15) is 4.79 Å². The van der Waals surface area contributed by atoms with Gasteiger partial charge in [-0.1, -0.05) is 0 Å². The monoisotopic (exact) mass is 201 g/mol. The van der Waals surface area contributed by atoms with Gasteiger partial charge in [-0.25, -0.2) is 0 Å². The van der Waals surface area contributed by atoms with Crippen molar-refractivity contribution >= 4 is 5.97 Å². The Morgan fingerprint density at radius 3 is 2.86 bits per heavy atom. The lowest BCUT2D eigenvalue weighted by Gasteiger charge is -2.32. The van der Waals surface area contributed by atoms with Crippen LogP contribution < -0.4 is 0 Å². The summed E-state index contributed by atoms with van der Waals surface area (Å²) in [4.78, 5) is 13.1. The number of hydrogen-bond acceptors (Lipinski definition) is 3. The summed E-state index contributed by atoms with van der Waals surface area (Å²) in [6.07, 6.45) is 1.78. The molecule has 2 unspecified atom stereocenters. The van der Waals surface area contributed by atoms with E-state index in [-0.39, 0.29) is 6.10 Å². The molecule has 0 aromatic rings. The van der Waals surface area contributed by atoms with Crippen LogP contribution in [0.1, 0.15) is 26.7 Å². The van der Waals surface area contributed by atoms with Crippen LogP contribution in [0.4, 0.5) is 0 Å². The van der Waals surface area contributed by atoms with Gasteiger partial charge in [0.15, 0.2) is 0 Å². The number of aliphatic carboxylic acids is 1. The number of ether oxygens (including phenoxy) is 1. The molecule has 0 aliphatic carbocycles. The predicted molar refractivity (Wildman–Crippen MR) is 53.3 cm³/mol. The van der Waals surface area contributed by atoms with E-state index in [4.69, 9.17) is 9.84 Å². The second kappa shape index (κ2) is 4.28. The van der Waals surface area contributed by atoms with Crippen LogP contribution >= 0.6 is 0 Å². The van der Waals surface area contributed by atoms with Crippen molar-refractivity contribution < 1.29 is 14.6 Å². The number of rotatable bonds is 4. The molecule has 0 aromatic heterocycles. The Morgan fingerprint density at radius 1 is 1.71 bits per heavy atom. The van der Waals surface area contributed by atoms with Gasteiger partial charge in [-0.15, -0.1) is 0 Å². The standard InChI is InChI=1S/C10H19NO3/c1-8(14-3)7-11-6-4-5-10(11,2)9(12)13/h8H,4-7H2,1-3H3,(H,12,13). The number of carboxylic acids is 1. The molecule has 0 spiro atoms. The van der Waals surface area contributed by atoms with Gasteiger partial charge in [0, 0.05) is 13.7 Å². The molecule has 1 N–H and O–H groups in total. The molecule has 1 heterocycles. The first-order valence-corrected chi connectivity index (χ1v) is 5.02. The molecule has 0 bridgehead atoms. The van der Waals surface area contributed by atoms with E-state index in [0.29, 0.717) is 6.54 Å². The molecule has 4 heteroatoms. The zero-order valence-corrected chi connectivity index (χ0v) is 9.12. The topological polar surface area (TPSA) is 49.8 Å². The van der Waals surface area contributed by atoms with E-state index in [1.165, 1.54) is 0 Å². The smallest absolute Gasteiger partial charge is 0.323 e. The molecule has 1 aliphatic heterocycles. The minimum atomic E-state index is -0.724.